The Morgan fingerprint density at radius 3 is 2.40 bits per heavy atom. The molecule has 0 saturated heterocycles. The van der Waals surface area contributed by atoms with Crippen LogP contribution in [0.15, 0.2) is 24.3 Å². The van der Waals surface area contributed by atoms with E-state index in [9.17, 15) is 4.79 Å². The van der Waals surface area contributed by atoms with Crippen molar-refractivity contribution in [3.63, 3.8) is 0 Å². The van der Waals surface area contributed by atoms with Crippen molar-refractivity contribution in [2.45, 2.75) is 0 Å². The Hall–Kier alpha value is -0.00766. The van der Waals surface area contributed by atoms with Crippen LogP contribution in [-0.4, -0.2) is 39.4 Å². The van der Waals surface area contributed by atoms with E-state index in [2.05, 4.69) is 42.3 Å². The quantitative estimate of drug-likeness (QED) is 0.321. The van der Waals surface area contributed by atoms with Crippen LogP contribution in [0.3, 0.4) is 0 Å². The molecule has 0 radical (unpaired) electrons. The molecule has 1 N–H and O–H groups in total. The third-order valence-electron chi connectivity index (χ3n) is 2.14. The fraction of sp³-hybridized carbons (Fsp3) is 0.385. The van der Waals surface area contributed by atoms with E-state index >= 15 is 0 Å². The molecule has 0 bridgehead atoms. The first kappa shape index (κ1) is 22.3. The number of rotatable bonds is 7. The monoisotopic (exact) mass is 411 g/mol. The van der Waals surface area contributed by atoms with Gasteiger partial charge in [-0.2, -0.15) is 0 Å². The summed E-state index contributed by atoms with van der Waals surface area (Å²) in [5, 5.41) is 3.84. The average Bonchev–Trinajstić information content (AvgIpc) is 2.45. The molecule has 4 nitrogen and oxygen atoms in total. The zero-order valence-electron chi connectivity index (χ0n) is 11.6. The SMILES string of the molecule is COCCOCCNC(=O)c1ccc(P)cc1.[CH3-].[Cl][Pd+]. The van der Waals surface area contributed by atoms with Crippen molar-refractivity contribution < 1.29 is 32.4 Å². The number of benzene rings is 1. The Morgan fingerprint density at radius 1 is 1.25 bits per heavy atom. The second-order valence-electron chi connectivity index (χ2n) is 3.48. The first-order chi connectivity index (χ1) is 9.24. The van der Waals surface area contributed by atoms with Gasteiger partial charge in [-0.05, 0) is 17.4 Å². The molecule has 0 aliphatic heterocycles. The molecule has 0 heterocycles. The maximum absolute atomic E-state index is 11.6. The molecule has 118 valence electrons. The molecular weight excluding hydrogens is 391 g/mol. The summed E-state index contributed by atoms with van der Waals surface area (Å²) < 4.78 is 10.1. The topological polar surface area (TPSA) is 47.6 Å². The molecule has 0 aliphatic carbocycles. The zero-order chi connectivity index (χ0) is 14.5. The van der Waals surface area contributed by atoms with Crippen molar-refractivity contribution in [3.8, 4) is 0 Å². The van der Waals surface area contributed by atoms with Crippen molar-refractivity contribution in [2.75, 3.05) is 33.5 Å². The van der Waals surface area contributed by atoms with E-state index in [4.69, 9.17) is 9.47 Å². The summed E-state index contributed by atoms with van der Waals surface area (Å²) in [6.45, 7) is 2.12. The van der Waals surface area contributed by atoms with Crippen molar-refractivity contribution in [1.29, 1.82) is 0 Å². The summed E-state index contributed by atoms with van der Waals surface area (Å²) in [6, 6.07) is 7.36. The second kappa shape index (κ2) is 15.4. The minimum atomic E-state index is -0.0784. The van der Waals surface area contributed by atoms with Crippen molar-refractivity contribution >= 4 is 30.0 Å². The Balaban J connectivity index is 0. The molecule has 1 aromatic carbocycles. The third-order valence-corrected chi connectivity index (χ3v) is 2.52. The summed E-state index contributed by atoms with van der Waals surface area (Å²) in [6.07, 6.45) is 0. The Kier molecular flexibility index (Phi) is 17.1. The van der Waals surface area contributed by atoms with E-state index < -0.39 is 0 Å². The predicted molar refractivity (Wildman–Crippen MR) is 83.1 cm³/mol. The van der Waals surface area contributed by atoms with E-state index in [-0.39, 0.29) is 13.3 Å². The van der Waals surface area contributed by atoms with Crippen LogP contribution in [0, 0.1) is 7.43 Å². The van der Waals surface area contributed by atoms with Crippen molar-refractivity contribution in [2.24, 2.45) is 0 Å². The molecule has 0 saturated carbocycles. The number of ether oxygens (including phenoxy) is 2. The van der Waals surface area contributed by atoms with Gasteiger partial charge in [-0.3, -0.25) is 4.79 Å². The summed E-state index contributed by atoms with van der Waals surface area (Å²) in [5.41, 5.74) is 0.660. The number of halogens is 1. The van der Waals surface area contributed by atoms with Gasteiger partial charge in [0, 0.05) is 19.2 Å². The Morgan fingerprint density at radius 2 is 1.85 bits per heavy atom. The van der Waals surface area contributed by atoms with Gasteiger partial charge in [-0.25, -0.2) is 0 Å². The number of hydrogen-bond acceptors (Lipinski definition) is 3. The average molecular weight is 412 g/mol. The van der Waals surface area contributed by atoms with Gasteiger partial charge in [0.2, 0.25) is 0 Å². The molecule has 7 heteroatoms. The van der Waals surface area contributed by atoms with Gasteiger partial charge in [0.05, 0.1) is 19.8 Å². The normalized spacial score (nSPS) is 9.05. The van der Waals surface area contributed by atoms with Crippen molar-refractivity contribution in [3.05, 3.63) is 37.3 Å². The van der Waals surface area contributed by atoms with Crippen LogP contribution in [0.1, 0.15) is 10.4 Å². The van der Waals surface area contributed by atoms with Crippen LogP contribution < -0.4 is 10.6 Å². The van der Waals surface area contributed by atoms with Gasteiger partial charge in [0.15, 0.2) is 0 Å². The van der Waals surface area contributed by atoms with E-state index in [1.165, 1.54) is 0 Å². The molecule has 1 atom stereocenters. The number of amides is 1. The summed E-state index contributed by atoms with van der Waals surface area (Å²) in [4.78, 5) is 11.6. The molecule has 1 amide bonds. The molecular formula is C13H21ClNO3PPd. The summed E-state index contributed by atoms with van der Waals surface area (Å²) in [7, 11) is 8.70. The fourth-order valence-electron chi connectivity index (χ4n) is 1.22. The number of methoxy groups -OCH3 is 1. The van der Waals surface area contributed by atoms with E-state index in [0.717, 1.165) is 5.30 Å². The number of nitrogens with one attached hydrogen (secondary N) is 1. The van der Waals surface area contributed by atoms with E-state index in [1.807, 2.05) is 12.1 Å². The number of carbonyl (C=O) groups is 1. The third kappa shape index (κ3) is 10.7. The molecule has 1 unspecified atom stereocenters. The maximum atomic E-state index is 11.6. The Bertz CT molecular complexity index is 352. The van der Waals surface area contributed by atoms with E-state index in [1.54, 1.807) is 19.2 Å². The van der Waals surface area contributed by atoms with Gasteiger partial charge in [-0.1, -0.05) is 12.1 Å². The summed E-state index contributed by atoms with van der Waals surface area (Å²) >= 11 is 2.22. The van der Waals surface area contributed by atoms with Crippen LogP contribution in [0.4, 0.5) is 0 Å². The molecule has 20 heavy (non-hydrogen) atoms. The van der Waals surface area contributed by atoms with Gasteiger partial charge in [0.1, 0.15) is 0 Å². The molecule has 0 aliphatic rings. The molecule has 0 spiro atoms. The summed E-state index contributed by atoms with van der Waals surface area (Å²) in [5.74, 6) is -0.0784. The van der Waals surface area contributed by atoms with Gasteiger partial charge >= 0.3 is 27.7 Å². The van der Waals surface area contributed by atoms with Gasteiger partial charge in [0.25, 0.3) is 5.91 Å². The number of hydrogen-bond donors (Lipinski definition) is 1. The van der Waals surface area contributed by atoms with Crippen LogP contribution in [-0.2, 0) is 27.7 Å². The molecule has 1 rings (SSSR count). The fourth-order valence-corrected chi connectivity index (χ4v) is 1.41. The standard InChI is InChI=1S/C12H18NO3P.CH3.ClH.Pd/c1-15-8-9-16-7-6-13-12(14)10-2-4-11(17)5-3-10;;;/h2-5H,6-9,17H2,1H3,(H,13,14);1H3;1H;/q;-1;;+2/p-1. The van der Waals surface area contributed by atoms with Crippen LogP contribution in [0.25, 0.3) is 0 Å². The molecule has 0 fully saturated rings. The molecule has 1 aromatic rings. The van der Waals surface area contributed by atoms with Crippen LogP contribution in [0.5, 0.6) is 0 Å². The first-order valence-electron chi connectivity index (χ1n) is 5.56. The van der Waals surface area contributed by atoms with Crippen molar-refractivity contribution in [1.82, 2.24) is 5.32 Å². The minimum absolute atomic E-state index is 0. The zero-order valence-corrected chi connectivity index (χ0v) is 15.1. The van der Waals surface area contributed by atoms with Gasteiger partial charge < -0.3 is 22.2 Å². The van der Waals surface area contributed by atoms with Crippen LogP contribution >= 0.6 is 18.8 Å². The predicted octanol–water partition coefficient (Wildman–Crippen LogP) is 1.72. The first-order valence-corrected chi connectivity index (χ1v) is 8.14. The second-order valence-corrected chi connectivity index (χ2v) is 4.15. The Labute approximate surface area is 138 Å². The van der Waals surface area contributed by atoms with Gasteiger partial charge in [-0.15, -0.1) is 9.24 Å². The van der Waals surface area contributed by atoms with E-state index in [0.29, 0.717) is 31.9 Å². The number of carbonyl (C=O) groups excluding carboxylic acids is 1. The van der Waals surface area contributed by atoms with Crippen LogP contribution in [0.2, 0.25) is 0 Å². The molecule has 0 aromatic heterocycles.